The van der Waals surface area contributed by atoms with Crippen LogP contribution in [-0.4, -0.2) is 22.8 Å². The molecule has 3 aromatic carbocycles. The van der Waals surface area contributed by atoms with Crippen molar-refractivity contribution in [2.75, 3.05) is 15.5 Å². The zero-order valence-electron chi connectivity index (χ0n) is 17.9. The molecule has 0 saturated carbocycles. The lowest BCUT2D eigenvalue weighted by atomic mass is 10.1. The number of aromatic hydroxyl groups is 1. The van der Waals surface area contributed by atoms with E-state index in [0.717, 1.165) is 10.5 Å². The molecule has 3 N–H and O–H groups in total. The van der Waals surface area contributed by atoms with Crippen LogP contribution in [0, 0.1) is 0 Å². The number of hydrogen-bond acceptors (Lipinski definition) is 5. The second-order valence-corrected chi connectivity index (χ2v) is 8.25. The maximum absolute atomic E-state index is 13.0. The second kappa shape index (κ2) is 9.59. The van der Waals surface area contributed by atoms with Gasteiger partial charge in [0, 0.05) is 16.3 Å². The van der Waals surface area contributed by atoms with E-state index in [-0.39, 0.29) is 22.2 Å². The molecule has 0 atom stereocenters. The predicted octanol–water partition coefficient (Wildman–Crippen LogP) is 5.30. The minimum Gasteiger partial charge on any atom is -0.506 e. The van der Waals surface area contributed by atoms with Crippen molar-refractivity contribution in [3.63, 3.8) is 0 Å². The van der Waals surface area contributed by atoms with Gasteiger partial charge in [-0.3, -0.25) is 14.4 Å². The lowest BCUT2D eigenvalue weighted by molar-refractivity contribution is -0.120. The lowest BCUT2D eigenvalue weighted by Crippen LogP contribution is -2.33. The molecule has 1 heterocycles. The SMILES string of the molecule is CCc1ccccc1N1C(=O)C(Cl)=C(Nc2ccc(C(=O)Nc3cc(Cl)ccc3O)cc2)C1=O. The molecular weight excluding hydrogens is 477 g/mol. The van der Waals surface area contributed by atoms with Gasteiger partial charge in [0.1, 0.15) is 16.5 Å². The van der Waals surface area contributed by atoms with Gasteiger partial charge in [-0.05, 0) is 60.5 Å². The monoisotopic (exact) mass is 495 g/mol. The van der Waals surface area contributed by atoms with Crippen molar-refractivity contribution in [2.24, 2.45) is 0 Å². The van der Waals surface area contributed by atoms with Gasteiger partial charge in [0.2, 0.25) is 0 Å². The number of rotatable bonds is 6. The van der Waals surface area contributed by atoms with Crippen molar-refractivity contribution < 1.29 is 19.5 Å². The van der Waals surface area contributed by atoms with Gasteiger partial charge in [0.15, 0.2) is 0 Å². The fourth-order valence-electron chi connectivity index (χ4n) is 3.51. The van der Waals surface area contributed by atoms with Crippen LogP contribution in [0.15, 0.2) is 77.5 Å². The number of nitrogens with one attached hydrogen (secondary N) is 2. The molecule has 1 aliphatic heterocycles. The number of hydrogen-bond donors (Lipinski definition) is 3. The van der Waals surface area contributed by atoms with Gasteiger partial charge >= 0.3 is 0 Å². The molecule has 9 heteroatoms. The Morgan fingerprint density at radius 1 is 0.971 bits per heavy atom. The Morgan fingerprint density at radius 2 is 1.68 bits per heavy atom. The maximum atomic E-state index is 13.0. The van der Waals surface area contributed by atoms with Crippen molar-refractivity contribution >= 4 is 58.0 Å². The molecule has 0 saturated heterocycles. The van der Waals surface area contributed by atoms with Crippen LogP contribution >= 0.6 is 23.2 Å². The molecule has 3 amide bonds. The molecule has 1 aliphatic rings. The van der Waals surface area contributed by atoms with Gasteiger partial charge in [0.05, 0.1) is 11.4 Å². The highest BCUT2D eigenvalue weighted by Gasteiger charge is 2.39. The normalized spacial score (nSPS) is 13.4. The summed E-state index contributed by atoms with van der Waals surface area (Å²) in [6, 6.07) is 17.7. The van der Waals surface area contributed by atoms with Crippen LogP contribution in [0.3, 0.4) is 0 Å². The molecule has 4 rings (SSSR count). The second-order valence-electron chi connectivity index (χ2n) is 7.43. The van der Waals surface area contributed by atoms with Crippen LogP contribution in [0.25, 0.3) is 0 Å². The number of para-hydroxylation sites is 1. The van der Waals surface area contributed by atoms with Crippen molar-refractivity contribution in [3.05, 3.63) is 93.6 Å². The number of carbonyl (C=O) groups excluding carboxylic acids is 3. The first kappa shape index (κ1) is 23.4. The average molecular weight is 496 g/mol. The fraction of sp³-hybridized carbons (Fsp3) is 0.0800. The number of nitrogens with zero attached hydrogens (tertiary/aromatic N) is 1. The van der Waals surface area contributed by atoms with Crippen LogP contribution in [-0.2, 0) is 16.0 Å². The molecule has 0 unspecified atom stereocenters. The number of anilines is 3. The first-order valence-corrected chi connectivity index (χ1v) is 11.1. The summed E-state index contributed by atoms with van der Waals surface area (Å²) in [5, 5.41) is 15.5. The van der Waals surface area contributed by atoms with Crippen molar-refractivity contribution in [1.29, 1.82) is 0 Å². The number of carbonyl (C=O) groups is 3. The van der Waals surface area contributed by atoms with Crippen molar-refractivity contribution in [3.8, 4) is 5.75 Å². The Kier molecular flexibility index (Phi) is 6.58. The Morgan fingerprint density at radius 3 is 2.38 bits per heavy atom. The highest BCUT2D eigenvalue weighted by Crippen LogP contribution is 2.32. The van der Waals surface area contributed by atoms with E-state index in [1.807, 2.05) is 19.1 Å². The third-order valence-corrected chi connectivity index (χ3v) is 5.85. The molecule has 0 aromatic heterocycles. The van der Waals surface area contributed by atoms with Crippen molar-refractivity contribution in [1.82, 2.24) is 0 Å². The van der Waals surface area contributed by atoms with E-state index in [4.69, 9.17) is 23.2 Å². The number of benzene rings is 3. The third-order valence-electron chi connectivity index (χ3n) is 5.26. The fourth-order valence-corrected chi connectivity index (χ4v) is 3.89. The van der Waals surface area contributed by atoms with E-state index in [0.29, 0.717) is 28.4 Å². The molecule has 0 aliphatic carbocycles. The molecule has 0 radical (unpaired) electrons. The first-order chi connectivity index (χ1) is 16.3. The van der Waals surface area contributed by atoms with Gasteiger partial charge < -0.3 is 15.7 Å². The highest BCUT2D eigenvalue weighted by molar-refractivity contribution is 6.53. The smallest absolute Gasteiger partial charge is 0.283 e. The minimum absolute atomic E-state index is 0.0429. The lowest BCUT2D eigenvalue weighted by Gasteiger charge is -2.18. The Hall–Kier alpha value is -3.81. The van der Waals surface area contributed by atoms with Crippen molar-refractivity contribution in [2.45, 2.75) is 13.3 Å². The van der Waals surface area contributed by atoms with Crippen LogP contribution < -0.4 is 15.5 Å². The molecule has 0 bridgehead atoms. The summed E-state index contributed by atoms with van der Waals surface area (Å²) in [6.45, 7) is 1.93. The van der Waals surface area contributed by atoms with Crippen LogP contribution in [0.5, 0.6) is 5.75 Å². The van der Waals surface area contributed by atoms with E-state index in [1.165, 1.54) is 30.3 Å². The van der Waals surface area contributed by atoms with E-state index >= 15 is 0 Å². The standard InChI is InChI=1S/C25H19Cl2N3O4/c1-2-14-5-3-4-6-19(14)30-24(33)21(27)22(25(30)34)28-17-10-7-15(8-11-17)23(32)29-18-13-16(26)9-12-20(18)31/h3-13,28,31H,2H2,1H3,(H,29,32). The van der Waals surface area contributed by atoms with E-state index in [9.17, 15) is 19.5 Å². The summed E-state index contributed by atoms with van der Waals surface area (Å²) >= 11 is 12.1. The topological polar surface area (TPSA) is 98.7 Å². The average Bonchev–Trinajstić information content (AvgIpc) is 3.04. The zero-order chi connectivity index (χ0) is 24.4. The minimum atomic E-state index is -0.604. The Labute approximate surface area is 205 Å². The van der Waals surface area contributed by atoms with Gasteiger partial charge in [-0.15, -0.1) is 0 Å². The first-order valence-electron chi connectivity index (χ1n) is 10.3. The molecule has 0 fully saturated rings. The highest BCUT2D eigenvalue weighted by atomic mass is 35.5. The van der Waals surface area contributed by atoms with Gasteiger partial charge in [-0.1, -0.05) is 48.3 Å². The number of imide groups is 1. The van der Waals surface area contributed by atoms with Crippen LogP contribution in [0.2, 0.25) is 5.02 Å². The van der Waals surface area contributed by atoms with Gasteiger partial charge in [-0.25, -0.2) is 4.90 Å². The number of amides is 3. The molecule has 172 valence electrons. The maximum Gasteiger partial charge on any atom is 0.283 e. The molecular formula is C25H19Cl2N3O4. The molecule has 7 nitrogen and oxygen atoms in total. The Bertz CT molecular complexity index is 1340. The summed E-state index contributed by atoms with van der Waals surface area (Å²) in [5.74, 6) is -1.74. The number of aryl methyl sites for hydroxylation is 1. The van der Waals surface area contributed by atoms with Gasteiger partial charge in [0.25, 0.3) is 17.7 Å². The van der Waals surface area contributed by atoms with Gasteiger partial charge in [-0.2, -0.15) is 0 Å². The summed E-state index contributed by atoms with van der Waals surface area (Å²) in [5.41, 5.74) is 2.24. The van der Waals surface area contributed by atoms with E-state index in [1.54, 1.807) is 24.3 Å². The quantitative estimate of drug-likeness (QED) is 0.318. The van der Waals surface area contributed by atoms with Crippen LogP contribution in [0.1, 0.15) is 22.8 Å². The van der Waals surface area contributed by atoms with E-state index in [2.05, 4.69) is 10.6 Å². The summed E-state index contributed by atoms with van der Waals surface area (Å²) < 4.78 is 0. The molecule has 34 heavy (non-hydrogen) atoms. The largest absolute Gasteiger partial charge is 0.506 e. The third kappa shape index (κ3) is 4.48. The van der Waals surface area contributed by atoms with E-state index < -0.39 is 17.7 Å². The zero-order valence-corrected chi connectivity index (χ0v) is 19.4. The predicted molar refractivity (Wildman–Crippen MR) is 132 cm³/mol. The molecule has 3 aromatic rings. The summed E-state index contributed by atoms with van der Waals surface area (Å²) in [4.78, 5) is 39.4. The number of phenols is 1. The number of halogens is 2. The number of phenolic OH excluding ortho intramolecular Hbond substituents is 1. The summed E-state index contributed by atoms with van der Waals surface area (Å²) in [6.07, 6.45) is 0.643. The summed E-state index contributed by atoms with van der Waals surface area (Å²) in [7, 11) is 0. The van der Waals surface area contributed by atoms with Crippen LogP contribution in [0.4, 0.5) is 17.1 Å². The molecule has 0 spiro atoms. The Balaban J connectivity index is 1.51.